The Morgan fingerprint density at radius 3 is 2.72 bits per heavy atom. The number of fused-ring (bicyclic) bond motifs is 1. The molecule has 0 fully saturated rings. The van der Waals surface area contributed by atoms with Gasteiger partial charge < -0.3 is 14.5 Å². The van der Waals surface area contributed by atoms with Gasteiger partial charge in [0, 0.05) is 10.9 Å². The molecule has 98 valence electrons. The maximum atomic E-state index is 6.00. The van der Waals surface area contributed by atoms with Crippen LogP contribution in [0, 0.1) is 0 Å². The first-order valence-electron chi connectivity index (χ1n) is 6.48. The molecule has 0 aliphatic heterocycles. The van der Waals surface area contributed by atoms with Crippen molar-refractivity contribution in [2.75, 3.05) is 13.7 Å². The van der Waals surface area contributed by atoms with Crippen LogP contribution in [-0.2, 0) is 6.54 Å². The van der Waals surface area contributed by atoms with E-state index in [1.807, 2.05) is 12.1 Å². The fourth-order valence-electron chi connectivity index (χ4n) is 2.33. The monoisotopic (exact) mass is 247 g/mol. The lowest BCUT2D eigenvalue weighted by molar-refractivity contribution is 0.406. The van der Waals surface area contributed by atoms with Gasteiger partial charge >= 0.3 is 0 Å². The average molecular weight is 247 g/mol. The lowest BCUT2D eigenvalue weighted by atomic mass is 9.99. The maximum Gasteiger partial charge on any atom is 0.176 e. The van der Waals surface area contributed by atoms with Crippen LogP contribution < -0.4 is 10.1 Å². The third-order valence-electron chi connectivity index (χ3n) is 3.13. The molecule has 18 heavy (non-hydrogen) atoms. The number of rotatable bonds is 5. The van der Waals surface area contributed by atoms with Crippen LogP contribution in [0.25, 0.3) is 11.0 Å². The van der Waals surface area contributed by atoms with E-state index in [9.17, 15) is 0 Å². The highest BCUT2D eigenvalue weighted by molar-refractivity contribution is 5.87. The first kappa shape index (κ1) is 13.0. The first-order valence-corrected chi connectivity index (χ1v) is 6.48. The predicted molar refractivity (Wildman–Crippen MR) is 74.2 cm³/mol. The number of methoxy groups -OCH3 is 1. The molecule has 3 nitrogen and oxygen atoms in total. The van der Waals surface area contributed by atoms with E-state index in [2.05, 4.69) is 32.2 Å². The van der Waals surface area contributed by atoms with Crippen molar-refractivity contribution in [3.05, 3.63) is 29.5 Å². The van der Waals surface area contributed by atoms with E-state index in [1.54, 1.807) is 7.11 Å². The Labute approximate surface area is 108 Å². The lowest BCUT2D eigenvalue weighted by Gasteiger charge is -2.06. The van der Waals surface area contributed by atoms with Crippen molar-refractivity contribution in [3.63, 3.8) is 0 Å². The molecule has 0 radical (unpaired) electrons. The fourth-order valence-corrected chi connectivity index (χ4v) is 2.33. The van der Waals surface area contributed by atoms with Gasteiger partial charge in [0.2, 0.25) is 0 Å². The van der Waals surface area contributed by atoms with E-state index in [0.717, 1.165) is 35.6 Å². The minimum Gasteiger partial charge on any atom is -0.493 e. The zero-order chi connectivity index (χ0) is 13.1. The Morgan fingerprint density at radius 2 is 2.11 bits per heavy atom. The predicted octanol–water partition coefficient (Wildman–Crippen LogP) is 3.67. The van der Waals surface area contributed by atoms with Crippen LogP contribution >= 0.6 is 0 Å². The van der Waals surface area contributed by atoms with Crippen molar-refractivity contribution in [1.82, 2.24) is 5.32 Å². The van der Waals surface area contributed by atoms with Gasteiger partial charge in [-0.15, -0.1) is 0 Å². The molecule has 2 aromatic rings. The smallest absolute Gasteiger partial charge is 0.176 e. The van der Waals surface area contributed by atoms with Crippen molar-refractivity contribution < 1.29 is 9.15 Å². The van der Waals surface area contributed by atoms with Gasteiger partial charge in [0.25, 0.3) is 0 Å². The van der Waals surface area contributed by atoms with Crippen LogP contribution in [0.3, 0.4) is 0 Å². The minimum absolute atomic E-state index is 0.437. The number of furan rings is 1. The Morgan fingerprint density at radius 1 is 1.33 bits per heavy atom. The largest absolute Gasteiger partial charge is 0.493 e. The SMILES string of the molecule is CCNCc1oc2c(OC)cccc2c1C(C)C. The highest BCUT2D eigenvalue weighted by atomic mass is 16.5. The molecule has 3 heteroatoms. The molecule has 1 heterocycles. The third kappa shape index (κ3) is 2.23. The average Bonchev–Trinajstić information content (AvgIpc) is 2.74. The summed E-state index contributed by atoms with van der Waals surface area (Å²) in [4.78, 5) is 0. The summed E-state index contributed by atoms with van der Waals surface area (Å²) in [7, 11) is 1.68. The van der Waals surface area contributed by atoms with Crippen LogP contribution in [0.1, 0.15) is 38.0 Å². The van der Waals surface area contributed by atoms with Gasteiger partial charge in [-0.05, 0) is 18.5 Å². The Hall–Kier alpha value is -1.48. The van der Waals surface area contributed by atoms with Crippen molar-refractivity contribution in [2.45, 2.75) is 33.2 Å². The van der Waals surface area contributed by atoms with E-state index < -0.39 is 0 Å². The van der Waals surface area contributed by atoms with Crippen molar-refractivity contribution in [1.29, 1.82) is 0 Å². The molecule has 1 aromatic heterocycles. The molecule has 1 aromatic carbocycles. The van der Waals surface area contributed by atoms with Gasteiger partial charge in [-0.1, -0.05) is 32.9 Å². The van der Waals surface area contributed by atoms with Crippen LogP contribution in [-0.4, -0.2) is 13.7 Å². The van der Waals surface area contributed by atoms with Gasteiger partial charge in [0.15, 0.2) is 11.3 Å². The molecular weight excluding hydrogens is 226 g/mol. The molecule has 0 unspecified atom stereocenters. The second-order valence-corrected chi connectivity index (χ2v) is 4.71. The molecule has 0 aliphatic rings. The molecule has 0 saturated carbocycles. The van der Waals surface area contributed by atoms with E-state index in [4.69, 9.17) is 9.15 Å². The minimum atomic E-state index is 0.437. The summed E-state index contributed by atoms with van der Waals surface area (Å²) in [6.07, 6.45) is 0. The lowest BCUT2D eigenvalue weighted by Crippen LogP contribution is -2.12. The number of benzene rings is 1. The first-order chi connectivity index (χ1) is 8.69. The molecule has 0 amide bonds. The van der Waals surface area contributed by atoms with Crippen LogP contribution in [0.5, 0.6) is 5.75 Å². The van der Waals surface area contributed by atoms with E-state index in [1.165, 1.54) is 5.56 Å². The fraction of sp³-hybridized carbons (Fsp3) is 0.467. The van der Waals surface area contributed by atoms with Crippen molar-refractivity contribution in [2.24, 2.45) is 0 Å². The summed E-state index contributed by atoms with van der Waals surface area (Å²) in [5.74, 6) is 2.26. The maximum absolute atomic E-state index is 6.00. The third-order valence-corrected chi connectivity index (χ3v) is 3.13. The van der Waals surface area contributed by atoms with Crippen molar-refractivity contribution in [3.8, 4) is 5.75 Å². The highest BCUT2D eigenvalue weighted by Gasteiger charge is 2.18. The number of para-hydroxylation sites is 1. The van der Waals surface area contributed by atoms with Gasteiger partial charge in [-0.2, -0.15) is 0 Å². The molecule has 2 rings (SSSR count). The quantitative estimate of drug-likeness (QED) is 0.875. The molecule has 0 spiro atoms. The molecular formula is C15H21NO2. The summed E-state index contributed by atoms with van der Waals surface area (Å²) in [5, 5.41) is 4.49. The summed E-state index contributed by atoms with van der Waals surface area (Å²) in [6, 6.07) is 6.05. The van der Waals surface area contributed by atoms with E-state index in [-0.39, 0.29) is 0 Å². The van der Waals surface area contributed by atoms with Crippen LogP contribution in [0.15, 0.2) is 22.6 Å². The highest BCUT2D eigenvalue weighted by Crippen LogP contribution is 2.36. The molecule has 0 atom stereocenters. The summed E-state index contributed by atoms with van der Waals surface area (Å²) in [5.41, 5.74) is 2.14. The zero-order valence-corrected chi connectivity index (χ0v) is 11.5. The van der Waals surface area contributed by atoms with Crippen LogP contribution in [0.2, 0.25) is 0 Å². The Balaban J connectivity index is 2.59. The zero-order valence-electron chi connectivity index (χ0n) is 11.5. The van der Waals surface area contributed by atoms with Gasteiger partial charge in [0.1, 0.15) is 5.76 Å². The molecule has 0 saturated heterocycles. The Bertz CT molecular complexity index is 529. The Kier molecular flexibility index (Phi) is 3.92. The molecule has 0 aliphatic carbocycles. The van der Waals surface area contributed by atoms with E-state index >= 15 is 0 Å². The molecule has 1 N–H and O–H groups in total. The second kappa shape index (κ2) is 5.44. The number of hydrogen-bond acceptors (Lipinski definition) is 3. The van der Waals surface area contributed by atoms with Gasteiger partial charge in [-0.3, -0.25) is 0 Å². The van der Waals surface area contributed by atoms with Crippen LogP contribution in [0.4, 0.5) is 0 Å². The number of ether oxygens (including phenoxy) is 1. The summed E-state index contributed by atoms with van der Waals surface area (Å²) < 4.78 is 11.4. The standard InChI is InChI=1S/C15H21NO2/c1-5-16-9-13-14(10(2)3)11-7-6-8-12(17-4)15(11)18-13/h6-8,10,16H,5,9H2,1-4H3. The van der Waals surface area contributed by atoms with Gasteiger partial charge in [-0.25, -0.2) is 0 Å². The second-order valence-electron chi connectivity index (χ2n) is 4.71. The number of nitrogens with one attached hydrogen (secondary N) is 1. The van der Waals surface area contributed by atoms with E-state index in [0.29, 0.717) is 5.92 Å². The summed E-state index contributed by atoms with van der Waals surface area (Å²) in [6.45, 7) is 8.18. The normalized spacial score (nSPS) is 11.4. The molecule has 0 bridgehead atoms. The number of hydrogen-bond donors (Lipinski definition) is 1. The van der Waals surface area contributed by atoms with Crippen molar-refractivity contribution >= 4 is 11.0 Å². The summed E-state index contributed by atoms with van der Waals surface area (Å²) >= 11 is 0. The van der Waals surface area contributed by atoms with Gasteiger partial charge in [0.05, 0.1) is 13.7 Å². The topological polar surface area (TPSA) is 34.4 Å².